The van der Waals surface area contributed by atoms with E-state index in [2.05, 4.69) is 15.6 Å². The minimum Gasteiger partial charge on any atom is -0.480 e. The van der Waals surface area contributed by atoms with Crippen LogP contribution in [0.1, 0.15) is 36.5 Å². The maximum Gasteiger partial charge on any atom is 0.329 e. The lowest BCUT2D eigenvalue weighted by molar-refractivity contribution is -0.143. The summed E-state index contributed by atoms with van der Waals surface area (Å²) in [5.41, 5.74) is 0.111. The molecule has 22 heavy (non-hydrogen) atoms. The number of benzene rings is 1. The van der Waals surface area contributed by atoms with Crippen LogP contribution >= 0.6 is 0 Å². The normalized spacial score (nSPS) is 13.4. The standard InChI is InChI=1S/C15H18N4O3/c1-4-15(3,14(21)22)16-13(20)12-10(2)19(18-17-12)11-8-6-5-7-9-11/h5-9H,4H2,1-3H3,(H,16,20)(H,21,22). The molecule has 116 valence electrons. The first-order chi connectivity index (χ1) is 10.4. The predicted molar refractivity (Wildman–Crippen MR) is 79.9 cm³/mol. The van der Waals surface area contributed by atoms with Gasteiger partial charge in [-0.3, -0.25) is 4.79 Å². The van der Waals surface area contributed by atoms with Gasteiger partial charge in [0, 0.05) is 0 Å². The number of carboxylic acid groups (broad SMARTS) is 1. The van der Waals surface area contributed by atoms with E-state index in [4.69, 9.17) is 0 Å². The lowest BCUT2D eigenvalue weighted by Crippen LogP contribution is -2.51. The molecule has 0 spiro atoms. The topological polar surface area (TPSA) is 97.1 Å². The Morgan fingerprint density at radius 3 is 2.50 bits per heavy atom. The molecule has 0 aliphatic rings. The smallest absolute Gasteiger partial charge is 0.329 e. The van der Waals surface area contributed by atoms with Gasteiger partial charge in [-0.1, -0.05) is 30.3 Å². The van der Waals surface area contributed by atoms with Crippen molar-refractivity contribution in [2.24, 2.45) is 0 Å². The molecule has 0 fully saturated rings. The number of nitrogens with zero attached hydrogens (tertiary/aromatic N) is 3. The molecule has 7 nitrogen and oxygen atoms in total. The van der Waals surface area contributed by atoms with Crippen LogP contribution in [0.2, 0.25) is 0 Å². The Morgan fingerprint density at radius 2 is 1.95 bits per heavy atom. The Morgan fingerprint density at radius 1 is 1.32 bits per heavy atom. The first kappa shape index (κ1) is 15.7. The number of nitrogens with one attached hydrogen (secondary N) is 1. The van der Waals surface area contributed by atoms with Crippen LogP contribution in [0.3, 0.4) is 0 Å². The van der Waals surface area contributed by atoms with Gasteiger partial charge in [0.25, 0.3) is 5.91 Å². The van der Waals surface area contributed by atoms with Crippen LogP contribution in [0.4, 0.5) is 0 Å². The summed E-state index contributed by atoms with van der Waals surface area (Å²) in [6, 6.07) is 9.28. The van der Waals surface area contributed by atoms with Gasteiger partial charge in [-0.25, -0.2) is 9.48 Å². The number of carbonyl (C=O) groups is 2. The van der Waals surface area contributed by atoms with Crippen LogP contribution in [0.25, 0.3) is 5.69 Å². The highest BCUT2D eigenvalue weighted by atomic mass is 16.4. The van der Waals surface area contributed by atoms with Gasteiger partial charge in [0.15, 0.2) is 5.69 Å². The van der Waals surface area contributed by atoms with Crippen LogP contribution in [-0.2, 0) is 4.79 Å². The molecule has 0 aliphatic heterocycles. The Hall–Kier alpha value is -2.70. The van der Waals surface area contributed by atoms with Gasteiger partial charge in [-0.2, -0.15) is 0 Å². The van der Waals surface area contributed by atoms with Crippen molar-refractivity contribution in [3.63, 3.8) is 0 Å². The molecular formula is C15H18N4O3. The molecule has 1 heterocycles. The van der Waals surface area contributed by atoms with Crippen molar-refractivity contribution in [2.75, 3.05) is 0 Å². The van der Waals surface area contributed by atoms with Crippen molar-refractivity contribution >= 4 is 11.9 Å². The van der Waals surface area contributed by atoms with Crippen LogP contribution in [-0.4, -0.2) is 37.5 Å². The molecule has 0 aliphatic carbocycles. The second-order valence-corrected chi connectivity index (χ2v) is 5.22. The Kier molecular flexibility index (Phi) is 4.25. The van der Waals surface area contributed by atoms with Gasteiger partial charge >= 0.3 is 5.97 Å². The molecule has 1 aromatic heterocycles. The van der Waals surface area contributed by atoms with Crippen LogP contribution in [0.15, 0.2) is 30.3 Å². The predicted octanol–water partition coefficient (Wildman–Crippen LogP) is 1.56. The molecule has 0 saturated carbocycles. The van der Waals surface area contributed by atoms with E-state index in [0.717, 1.165) is 5.69 Å². The number of hydrogen-bond donors (Lipinski definition) is 2. The molecule has 1 unspecified atom stereocenters. The highest BCUT2D eigenvalue weighted by molar-refractivity contribution is 5.97. The van der Waals surface area contributed by atoms with E-state index in [1.165, 1.54) is 6.92 Å². The molecule has 2 aromatic rings. The van der Waals surface area contributed by atoms with E-state index >= 15 is 0 Å². The fourth-order valence-electron chi connectivity index (χ4n) is 1.96. The summed E-state index contributed by atoms with van der Waals surface area (Å²) in [4.78, 5) is 23.6. The number of rotatable bonds is 5. The number of hydrogen-bond acceptors (Lipinski definition) is 4. The molecule has 0 saturated heterocycles. The summed E-state index contributed by atoms with van der Waals surface area (Å²) in [6.07, 6.45) is 0.264. The molecule has 1 amide bonds. The number of amides is 1. The lowest BCUT2D eigenvalue weighted by Gasteiger charge is -2.24. The largest absolute Gasteiger partial charge is 0.480 e. The maximum atomic E-state index is 12.3. The van der Waals surface area contributed by atoms with E-state index in [0.29, 0.717) is 5.69 Å². The van der Waals surface area contributed by atoms with E-state index in [1.54, 1.807) is 18.5 Å². The van der Waals surface area contributed by atoms with E-state index < -0.39 is 17.4 Å². The van der Waals surface area contributed by atoms with Crippen molar-refractivity contribution in [1.82, 2.24) is 20.3 Å². The highest BCUT2D eigenvalue weighted by Gasteiger charge is 2.34. The van der Waals surface area contributed by atoms with Gasteiger partial charge in [0.2, 0.25) is 0 Å². The summed E-state index contributed by atoms with van der Waals surface area (Å²) in [5, 5.41) is 19.6. The first-order valence-corrected chi connectivity index (χ1v) is 6.92. The van der Waals surface area contributed by atoms with Crippen LogP contribution in [0, 0.1) is 6.92 Å². The zero-order valence-corrected chi connectivity index (χ0v) is 12.7. The monoisotopic (exact) mass is 302 g/mol. The number of carboxylic acids is 1. The minimum atomic E-state index is -1.33. The fourth-order valence-corrected chi connectivity index (χ4v) is 1.96. The highest BCUT2D eigenvalue weighted by Crippen LogP contribution is 2.14. The quantitative estimate of drug-likeness (QED) is 0.873. The zero-order chi connectivity index (χ0) is 16.3. The second-order valence-electron chi connectivity index (χ2n) is 5.22. The van der Waals surface area contributed by atoms with E-state index in [9.17, 15) is 14.7 Å². The van der Waals surface area contributed by atoms with Crippen molar-refractivity contribution < 1.29 is 14.7 Å². The summed E-state index contributed by atoms with van der Waals surface area (Å²) >= 11 is 0. The van der Waals surface area contributed by atoms with Crippen molar-refractivity contribution in [2.45, 2.75) is 32.7 Å². The van der Waals surface area contributed by atoms with Crippen molar-refractivity contribution in [1.29, 1.82) is 0 Å². The van der Waals surface area contributed by atoms with Gasteiger partial charge in [0.1, 0.15) is 5.54 Å². The molecule has 7 heteroatoms. The van der Waals surface area contributed by atoms with Gasteiger partial charge in [-0.15, -0.1) is 5.10 Å². The SMILES string of the molecule is CCC(C)(NC(=O)c1nnn(-c2ccccc2)c1C)C(=O)O. The third-order valence-corrected chi connectivity index (χ3v) is 3.68. The summed E-state index contributed by atoms with van der Waals surface area (Å²) in [5.74, 6) is -1.64. The van der Waals surface area contributed by atoms with Crippen molar-refractivity contribution in [3.05, 3.63) is 41.7 Å². The molecule has 1 atom stereocenters. The fraction of sp³-hybridized carbons (Fsp3) is 0.333. The van der Waals surface area contributed by atoms with Crippen molar-refractivity contribution in [3.8, 4) is 5.69 Å². The van der Waals surface area contributed by atoms with E-state index in [1.807, 2.05) is 30.3 Å². The Labute approximate surface area is 128 Å². The molecule has 2 rings (SSSR count). The number of carbonyl (C=O) groups excluding carboxylic acids is 1. The molecule has 0 bridgehead atoms. The van der Waals surface area contributed by atoms with Crippen LogP contribution in [0.5, 0.6) is 0 Å². The van der Waals surface area contributed by atoms with Crippen LogP contribution < -0.4 is 5.32 Å². The number of aliphatic carboxylic acids is 1. The average Bonchev–Trinajstić information content (AvgIpc) is 2.89. The molecule has 2 N–H and O–H groups in total. The summed E-state index contributed by atoms with van der Waals surface area (Å²) in [6.45, 7) is 4.87. The van der Waals surface area contributed by atoms with E-state index in [-0.39, 0.29) is 12.1 Å². The first-order valence-electron chi connectivity index (χ1n) is 6.92. The second kappa shape index (κ2) is 5.97. The summed E-state index contributed by atoms with van der Waals surface area (Å²) < 4.78 is 1.54. The molecule has 1 aromatic carbocycles. The third-order valence-electron chi connectivity index (χ3n) is 3.68. The molecular weight excluding hydrogens is 284 g/mol. The van der Waals surface area contributed by atoms with Gasteiger partial charge in [-0.05, 0) is 32.4 Å². The number of para-hydroxylation sites is 1. The Balaban J connectivity index is 2.29. The molecule has 0 radical (unpaired) electrons. The lowest BCUT2D eigenvalue weighted by atomic mass is 9.99. The minimum absolute atomic E-state index is 0.116. The average molecular weight is 302 g/mol. The third kappa shape index (κ3) is 2.83. The van der Waals surface area contributed by atoms with Gasteiger partial charge < -0.3 is 10.4 Å². The maximum absolute atomic E-state index is 12.3. The number of aromatic nitrogens is 3. The van der Waals surface area contributed by atoms with Gasteiger partial charge in [0.05, 0.1) is 11.4 Å². The Bertz CT molecular complexity index is 696. The zero-order valence-electron chi connectivity index (χ0n) is 12.7. The summed E-state index contributed by atoms with van der Waals surface area (Å²) in [7, 11) is 0.